The summed E-state index contributed by atoms with van der Waals surface area (Å²) in [4.78, 5) is 20.0. The highest BCUT2D eigenvalue weighted by molar-refractivity contribution is 7.14. The summed E-state index contributed by atoms with van der Waals surface area (Å²) in [5, 5.41) is 0. The van der Waals surface area contributed by atoms with Crippen molar-refractivity contribution in [3.05, 3.63) is 21.4 Å². The molecule has 0 radical (unpaired) electrons. The molecule has 0 aromatic carbocycles. The van der Waals surface area contributed by atoms with Gasteiger partial charge in [0.15, 0.2) is 0 Å². The molecule has 1 saturated carbocycles. The molecule has 1 amide bonds. The molecule has 0 atom stereocenters. The van der Waals surface area contributed by atoms with E-state index < -0.39 is 0 Å². The van der Waals surface area contributed by atoms with Gasteiger partial charge in [0.05, 0.1) is 4.88 Å². The number of fused-ring (bicyclic) bond motifs is 1. The Balaban J connectivity index is 1.38. The summed E-state index contributed by atoms with van der Waals surface area (Å²) in [6, 6.07) is 3.00. The Labute approximate surface area is 143 Å². The third kappa shape index (κ3) is 3.34. The molecule has 1 aromatic rings. The van der Waals surface area contributed by atoms with E-state index in [1.165, 1.54) is 68.2 Å². The molecule has 2 fully saturated rings. The van der Waals surface area contributed by atoms with Crippen LogP contribution in [0, 0.1) is 0 Å². The average Bonchev–Trinajstić information content (AvgIpc) is 3.21. The zero-order valence-electron chi connectivity index (χ0n) is 14.1. The first-order chi connectivity index (χ1) is 11.3. The Morgan fingerprint density at radius 3 is 2.48 bits per heavy atom. The first kappa shape index (κ1) is 15.6. The molecule has 23 heavy (non-hydrogen) atoms. The van der Waals surface area contributed by atoms with Crippen LogP contribution in [0.2, 0.25) is 0 Å². The number of aryl methyl sites for hydroxylation is 2. The molecular weight excluding hydrogens is 304 g/mol. The Bertz CT molecular complexity index is 530. The fraction of sp³-hybridized carbons (Fsp3) is 0.737. The molecule has 0 unspecified atom stereocenters. The van der Waals surface area contributed by atoms with Gasteiger partial charge in [0, 0.05) is 37.1 Å². The Hall–Kier alpha value is -0.870. The van der Waals surface area contributed by atoms with Gasteiger partial charge in [0.25, 0.3) is 5.91 Å². The van der Waals surface area contributed by atoms with Crippen LogP contribution in [-0.4, -0.2) is 47.9 Å². The van der Waals surface area contributed by atoms with Crippen LogP contribution in [0.4, 0.5) is 0 Å². The second-order valence-electron chi connectivity index (χ2n) is 7.39. The van der Waals surface area contributed by atoms with E-state index in [0.29, 0.717) is 0 Å². The maximum absolute atomic E-state index is 12.8. The molecule has 4 rings (SSSR count). The number of thiophene rings is 1. The van der Waals surface area contributed by atoms with Crippen LogP contribution in [0.1, 0.15) is 65.1 Å². The maximum Gasteiger partial charge on any atom is 0.264 e. The topological polar surface area (TPSA) is 23.6 Å². The van der Waals surface area contributed by atoms with Crippen LogP contribution in [-0.2, 0) is 12.8 Å². The summed E-state index contributed by atoms with van der Waals surface area (Å²) in [7, 11) is 0. The van der Waals surface area contributed by atoms with Gasteiger partial charge in [-0.05, 0) is 50.2 Å². The molecular formula is C19H28N2OS. The Morgan fingerprint density at radius 2 is 1.70 bits per heavy atom. The first-order valence-corrected chi connectivity index (χ1v) is 10.3. The van der Waals surface area contributed by atoms with Crippen molar-refractivity contribution in [3.8, 4) is 0 Å². The molecule has 2 heterocycles. The molecule has 3 aliphatic rings. The Morgan fingerprint density at radius 1 is 0.957 bits per heavy atom. The smallest absolute Gasteiger partial charge is 0.264 e. The first-order valence-electron chi connectivity index (χ1n) is 9.46. The van der Waals surface area contributed by atoms with E-state index in [1.54, 1.807) is 11.3 Å². The highest BCUT2D eigenvalue weighted by atomic mass is 32.1. The van der Waals surface area contributed by atoms with Crippen LogP contribution in [0.3, 0.4) is 0 Å². The minimum absolute atomic E-state index is 0.286. The summed E-state index contributed by atoms with van der Waals surface area (Å²) in [6.45, 7) is 3.97. The van der Waals surface area contributed by atoms with Gasteiger partial charge in [-0.25, -0.2) is 0 Å². The number of nitrogens with zero attached hydrogens (tertiary/aromatic N) is 2. The van der Waals surface area contributed by atoms with Crippen LogP contribution >= 0.6 is 11.3 Å². The summed E-state index contributed by atoms with van der Waals surface area (Å²) >= 11 is 1.77. The van der Waals surface area contributed by atoms with Crippen molar-refractivity contribution in [1.82, 2.24) is 9.80 Å². The molecule has 3 nitrogen and oxygen atoms in total. The lowest BCUT2D eigenvalue weighted by Gasteiger charge is -2.37. The van der Waals surface area contributed by atoms with Gasteiger partial charge in [0.1, 0.15) is 0 Å². The minimum atomic E-state index is 0.286. The normalized spacial score (nSPS) is 23.7. The highest BCUT2D eigenvalue weighted by Gasteiger charge is 2.29. The van der Waals surface area contributed by atoms with Crippen molar-refractivity contribution < 1.29 is 4.79 Å². The van der Waals surface area contributed by atoms with Gasteiger partial charge >= 0.3 is 0 Å². The maximum atomic E-state index is 12.8. The average molecular weight is 333 g/mol. The molecule has 1 aromatic heterocycles. The summed E-state index contributed by atoms with van der Waals surface area (Å²) in [5.41, 5.74) is 1.46. The van der Waals surface area contributed by atoms with Gasteiger partial charge in [0.2, 0.25) is 0 Å². The fourth-order valence-corrected chi connectivity index (χ4v) is 5.71. The quantitative estimate of drug-likeness (QED) is 0.771. The SMILES string of the molecule is O=C(c1cc2c(s1)CCCCC2)N1CCN(C2CCCC2)CC1. The van der Waals surface area contributed by atoms with Gasteiger partial charge < -0.3 is 4.90 Å². The van der Waals surface area contributed by atoms with Crippen molar-refractivity contribution in [2.24, 2.45) is 0 Å². The number of hydrogen-bond acceptors (Lipinski definition) is 3. The lowest BCUT2D eigenvalue weighted by Crippen LogP contribution is -2.51. The summed E-state index contributed by atoms with van der Waals surface area (Å²) in [5.74, 6) is 0.286. The van der Waals surface area contributed by atoms with Crippen LogP contribution < -0.4 is 0 Å². The third-order valence-electron chi connectivity index (χ3n) is 5.90. The predicted octanol–water partition coefficient (Wildman–Crippen LogP) is 3.72. The number of carbonyl (C=O) groups excluding carboxylic acids is 1. The summed E-state index contributed by atoms with van der Waals surface area (Å²) < 4.78 is 0. The van der Waals surface area contributed by atoms with E-state index in [1.807, 2.05) is 0 Å². The van der Waals surface area contributed by atoms with E-state index in [2.05, 4.69) is 15.9 Å². The van der Waals surface area contributed by atoms with Gasteiger partial charge in [-0.2, -0.15) is 0 Å². The second kappa shape index (κ2) is 6.94. The molecule has 0 N–H and O–H groups in total. The molecule has 4 heteroatoms. The van der Waals surface area contributed by atoms with E-state index in [9.17, 15) is 4.79 Å². The Kier molecular flexibility index (Phi) is 4.72. The predicted molar refractivity (Wildman–Crippen MR) is 95.3 cm³/mol. The highest BCUT2D eigenvalue weighted by Crippen LogP contribution is 2.30. The monoisotopic (exact) mass is 332 g/mol. The molecule has 126 valence electrons. The van der Waals surface area contributed by atoms with Crippen LogP contribution in [0.25, 0.3) is 0 Å². The minimum Gasteiger partial charge on any atom is -0.335 e. The summed E-state index contributed by atoms with van der Waals surface area (Å²) in [6.07, 6.45) is 11.8. The number of piperazine rings is 1. The molecule has 1 saturated heterocycles. The van der Waals surface area contributed by atoms with Crippen molar-refractivity contribution in [2.75, 3.05) is 26.2 Å². The second-order valence-corrected chi connectivity index (χ2v) is 8.52. The van der Waals surface area contributed by atoms with Crippen LogP contribution in [0.5, 0.6) is 0 Å². The lowest BCUT2D eigenvalue weighted by atomic mass is 10.1. The van der Waals surface area contributed by atoms with E-state index in [4.69, 9.17) is 0 Å². The van der Waals surface area contributed by atoms with Crippen molar-refractivity contribution in [3.63, 3.8) is 0 Å². The molecule has 0 spiro atoms. The zero-order chi connectivity index (χ0) is 15.6. The van der Waals surface area contributed by atoms with Gasteiger partial charge in [-0.3, -0.25) is 9.69 Å². The van der Waals surface area contributed by atoms with Crippen molar-refractivity contribution in [2.45, 2.75) is 63.8 Å². The zero-order valence-corrected chi connectivity index (χ0v) is 14.9. The van der Waals surface area contributed by atoms with E-state index in [-0.39, 0.29) is 5.91 Å². The molecule has 0 bridgehead atoms. The number of carbonyl (C=O) groups is 1. The number of amides is 1. The van der Waals surface area contributed by atoms with Gasteiger partial charge in [-0.1, -0.05) is 19.3 Å². The van der Waals surface area contributed by atoms with Gasteiger partial charge in [-0.15, -0.1) is 11.3 Å². The number of rotatable bonds is 2. The molecule has 2 aliphatic carbocycles. The van der Waals surface area contributed by atoms with E-state index in [0.717, 1.165) is 37.1 Å². The van der Waals surface area contributed by atoms with Crippen LogP contribution in [0.15, 0.2) is 6.07 Å². The molecule has 1 aliphatic heterocycles. The van der Waals surface area contributed by atoms with Crippen molar-refractivity contribution in [1.29, 1.82) is 0 Å². The lowest BCUT2D eigenvalue weighted by molar-refractivity contribution is 0.0578. The van der Waals surface area contributed by atoms with E-state index >= 15 is 0 Å². The number of hydrogen-bond donors (Lipinski definition) is 0. The standard InChI is InChI=1S/C19H28N2OS/c22-19(18-14-15-6-2-1-3-9-17(15)23-18)21-12-10-20(11-13-21)16-7-4-5-8-16/h14,16H,1-13H2. The largest absolute Gasteiger partial charge is 0.335 e. The fourth-order valence-electron chi connectivity index (χ4n) is 4.49. The third-order valence-corrected chi connectivity index (χ3v) is 7.13. The van der Waals surface area contributed by atoms with Crippen molar-refractivity contribution >= 4 is 17.2 Å².